The normalized spacial score (nSPS) is 8.56. The Morgan fingerprint density at radius 2 is 1.89 bits per heavy atom. The molecule has 3 nitrogen and oxygen atoms in total. The molecule has 0 saturated heterocycles. The van der Waals surface area contributed by atoms with Crippen LogP contribution in [0.3, 0.4) is 0 Å². The molecular weight excluding hydrogens is 158 g/mol. The largest absolute Gasteiger partial charge is 1.00 e. The number of hydrogen-bond donors (Lipinski definition) is 0. The summed E-state index contributed by atoms with van der Waals surface area (Å²) in [6.07, 6.45) is 1.06. The Balaban J connectivity index is -0.000000180. The Morgan fingerprint density at radius 3 is 1.89 bits per heavy atom. The molecule has 0 rings (SSSR count). The molecule has 0 aliphatic heterocycles. The SMILES string of the molecule is C=CCS(=O)(=O)[O-].F.[Na+]. The van der Waals surface area contributed by atoms with Crippen LogP contribution in [0.25, 0.3) is 0 Å². The molecule has 0 aromatic rings. The van der Waals surface area contributed by atoms with Gasteiger partial charge < -0.3 is 4.55 Å². The van der Waals surface area contributed by atoms with Crippen molar-refractivity contribution in [3.8, 4) is 0 Å². The van der Waals surface area contributed by atoms with Gasteiger partial charge in [0.1, 0.15) is 0 Å². The minimum Gasteiger partial charge on any atom is -0.748 e. The van der Waals surface area contributed by atoms with Gasteiger partial charge in [-0.3, -0.25) is 4.70 Å². The van der Waals surface area contributed by atoms with Crippen molar-refractivity contribution in [2.75, 3.05) is 5.75 Å². The van der Waals surface area contributed by atoms with E-state index in [9.17, 15) is 13.0 Å². The van der Waals surface area contributed by atoms with Crippen molar-refractivity contribution in [2.24, 2.45) is 0 Å². The van der Waals surface area contributed by atoms with E-state index in [1.807, 2.05) is 0 Å². The summed E-state index contributed by atoms with van der Waals surface area (Å²) in [5, 5.41) is 0. The Hall–Kier alpha value is 0.580. The Labute approximate surface area is 75.6 Å². The molecule has 50 valence electrons. The Bertz CT molecular complexity index is 152. The average Bonchev–Trinajstić information content (AvgIpc) is 1.30. The first-order valence-corrected chi connectivity index (χ1v) is 3.18. The molecule has 9 heavy (non-hydrogen) atoms. The number of rotatable bonds is 2. The van der Waals surface area contributed by atoms with Gasteiger partial charge in [0, 0.05) is 0 Å². The molecule has 0 N–H and O–H groups in total. The van der Waals surface area contributed by atoms with Crippen molar-refractivity contribution in [1.82, 2.24) is 0 Å². The average molecular weight is 164 g/mol. The van der Waals surface area contributed by atoms with Crippen molar-refractivity contribution in [2.45, 2.75) is 0 Å². The number of halogens is 1. The van der Waals surface area contributed by atoms with Crippen LogP contribution in [0.5, 0.6) is 0 Å². The third-order valence-electron chi connectivity index (χ3n) is 0.322. The first kappa shape index (κ1) is 16.3. The summed E-state index contributed by atoms with van der Waals surface area (Å²) in [4.78, 5) is 0. The summed E-state index contributed by atoms with van der Waals surface area (Å²) in [7, 11) is -4.04. The van der Waals surface area contributed by atoms with Crippen LogP contribution >= 0.6 is 0 Å². The summed E-state index contributed by atoms with van der Waals surface area (Å²) in [5.41, 5.74) is 0. The first-order valence-electron chi connectivity index (χ1n) is 1.61. The van der Waals surface area contributed by atoms with Gasteiger partial charge in [-0.05, 0) is 0 Å². The molecule has 0 amide bonds. The fourth-order valence-corrected chi connectivity index (χ4v) is 0.433. The first-order chi connectivity index (χ1) is 3.06. The molecule has 0 bridgehead atoms. The van der Waals surface area contributed by atoms with Crippen molar-refractivity contribution < 1.29 is 47.2 Å². The molecule has 0 atom stereocenters. The van der Waals surface area contributed by atoms with Gasteiger partial charge in [-0.2, -0.15) is 0 Å². The van der Waals surface area contributed by atoms with E-state index in [1.165, 1.54) is 0 Å². The van der Waals surface area contributed by atoms with Crippen molar-refractivity contribution in [3.63, 3.8) is 0 Å². The second kappa shape index (κ2) is 6.70. The maximum atomic E-state index is 9.60. The van der Waals surface area contributed by atoms with Gasteiger partial charge in [-0.1, -0.05) is 6.08 Å². The fourth-order valence-electron chi connectivity index (χ4n) is 0.144. The van der Waals surface area contributed by atoms with E-state index in [0.29, 0.717) is 0 Å². The van der Waals surface area contributed by atoms with Crippen LogP contribution in [0.4, 0.5) is 4.70 Å². The predicted molar refractivity (Wildman–Crippen MR) is 27.3 cm³/mol. The van der Waals surface area contributed by atoms with E-state index in [-0.39, 0.29) is 34.3 Å². The van der Waals surface area contributed by atoms with Gasteiger partial charge in [0.25, 0.3) is 0 Å². The summed E-state index contributed by atoms with van der Waals surface area (Å²) >= 11 is 0. The zero-order chi connectivity index (χ0) is 5.91. The van der Waals surface area contributed by atoms with Crippen molar-refractivity contribution in [3.05, 3.63) is 12.7 Å². The standard InChI is InChI=1S/C3H6O3S.FH.Na/c1-2-3-7(4,5)6;;/h2H,1,3H2,(H,4,5,6);1H;/q;;+1/p-1. The third kappa shape index (κ3) is 17.7. The minimum atomic E-state index is -4.04. The van der Waals surface area contributed by atoms with Crippen LogP contribution in [-0.4, -0.2) is 18.7 Å². The van der Waals surface area contributed by atoms with Crippen molar-refractivity contribution in [1.29, 1.82) is 0 Å². The molecule has 0 aliphatic rings. The van der Waals surface area contributed by atoms with Crippen LogP contribution < -0.4 is 29.6 Å². The second-order valence-corrected chi connectivity index (χ2v) is 2.46. The van der Waals surface area contributed by atoms with E-state index < -0.39 is 15.9 Å². The molecule has 6 heteroatoms. The zero-order valence-corrected chi connectivity index (χ0v) is 7.85. The summed E-state index contributed by atoms with van der Waals surface area (Å²) in [5.74, 6) is -0.479. The van der Waals surface area contributed by atoms with Crippen molar-refractivity contribution >= 4 is 10.1 Å². The number of hydrogen-bond acceptors (Lipinski definition) is 3. The molecule has 0 heterocycles. The molecule has 0 unspecified atom stereocenters. The van der Waals surface area contributed by atoms with Gasteiger partial charge in [-0.15, -0.1) is 6.58 Å². The summed E-state index contributed by atoms with van der Waals surface area (Å²) < 4.78 is 28.8. The Kier molecular flexibility index (Phi) is 12.1. The van der Waals surface area contributed by atoms with Crippen LogP contribution in [0.2, 0.25) is 0 Å². The topological polar surface area (TPSA) is 57.2 Å². The molecule has 0 saturated carbocycles. The fraction of sp³-hybridized carbons (Fsp3) is 0.333. The molecule has 0 radical (unpaired) electrons. The molecule has 0 aliphatic carbocycles. The molecule has 0 aromatic heterocycles. The zero-order valence-electron chi connectivity index (χ0n) is 5.03. The van der Waals surface area contributed by atoms with Crippen LogP contribution in [-0.2, 0) is 10.1 Å². The predicted octanol–water partition coefficient (Wildman–Crippen LogP) is -3.13. The third-order valence-corrected chi connectivity index (χ3v) is 0.966. The monoisotopic (exact) mass is 164 g/mol. The van der Waals surface area contributed by atoms with E-state index in [2.05, 4.69) is 6.58 Å². The van der Waals surface area contributed by atoms with Gasteiger partial charge in [-0.25, -0.2) is 8.42 Å². The van der Waals surface area contributed by atoms with Crippen LogP contribution in [0.15, 0.2) is 12.7 Å². The van der Waals surface area contributed by atoms with E-state index >= 15 is 0 Å². The quantitative estimate of drug-likeness (QED) is 0.246. The maximum absolute atomic E-state index is 9.60. The van der Waals surface area contributed by atoms with Crippen LogP contribution in [0, 0.1) is 0 Å². The van der Waals surface area contributed by atoms with Gasteiger partial charge >= 0.3 is 29.6 Å². The Morgan fingerprint density at radius 1 is 1.56 bits per heavy atom. The maximum Gasteiger partial charge on any atom is 1.00 e. The van der Waals surface area contributed by atoms with Gasteiger partial charge in [0.05, 0.1) is 15.9 Å². The minimum absolute atomic E-state index is 0. The van der Waals surface area contributed by atoms with E-state index in [1.54, 1.807) is 0 Å². The molecule has 0 fully saturated rings. The molecule has 0 spiro atoms. The summed E-state index contributed by atoms with van der Waals surface area (Å²) in [6.45, 7) is 3.07. The van der Waals surface area contributed by atoms with E-state index in [4.69, 9.17) is 0 Å². The van der Waals surface area contributed by atoms with Crippen LogP contribution in [0.1, 0.15) is 0 Å². The summed E-state index contributed by atoms with van der Waals surface area (Å²) in [6, 6.07) is 0. The molecule has 0 aromatic carbocycles. The van der Waals surface area contributed by atoms with Gasteiger partial charge in [0.2, 0.25) is 0 Å². The van der Waals surface area contributed by atoms with Gasteiger partial charge in [0.15, 0.2) is 0 Å². The molecular formula is C3H6FNaO3S. The van der Waals surface area contributed by atoms with E-state index in [0.717, 1.165) is 6.08 Å². The smallest absolute Gasteiger partial charge is 0.748 e. The second-order valence-electron chi connectivity index (χ2n) is 1.01.